The molecule has 3 nitrogen and oxygen atoms in total. The average molecular weight is 392 g/mol. The summed E-state index contributed by atoms with van der Waals surface area (Å²) < 4.78 is 16.4. The SMILES string of the molecule is CC(C)n1ncc(Br)c1C(O)c1cc(F)ccc1Br. The van der Waals surface area contributed by atoms with Crippen LogP contribution in [0.25, 0.3) is 0 Å². The van der Waals surface area contributed by atoms with Gasteiger partial charge in [-0.3, -0.25) is 4.68 Å². The van der Waals surface area contributed by atoms with E-state index < -0.39 is 6.10 Å². The molecule has 1 unspecified atom stereocenters. The Hall–Kier alpha value is -0.720. The van der Waals surface area contributed by atoms with E-state index in [4.69, 9.17) is 0 Å². The van der Waals surface area contributed by atoms with Gasteiger partial charge in [-0.15, -0.1) is 0 Å². The normalized spacial score (nSPS) is 13.0. The summed E-state index contributed by atoms with van der Waals surface area (Å²) in [4.78, 5) is 0. The van der Waals surface area contributed by atoms with Gasteiger partial charge in [0.1, 0.15) is 11.9 Å². The molecule has 0 amide bonds. The van der Waals surface area contributed by atoms with E-state index in [0.717, 1.165) is 0 Å². The van der Waals surface area contributed by atoms with Crippen LogP contribution in [0.2, 0.25) is 0 Å². The second kappa shape index (κ2) is 5.73. The van der Waals surface area contributed by atoms with E-state index in [9.17, 15) is 9.50 Å². The summed E-state index contributed by atoms with van der Waals surface area (Å²) in [6, 6.07) is 4.34. The number of hydrogen-bond donors (Lipinski definition) is 1. The van der Waals surface area contributed by atoms with E-state index in [1.165, 1.54) is 12.1 Å². The number of nitrogens with zero attached hydrogens (tertiary/aromatic N) is 2. The Morgan fingerprint density at radius 1 is 1.26 bits per heavy atom. The van der Waals surface area contributed by atoms with Crippen molar-refractivity contribution < 1.29 is 9.50 Å². The number of rotatable bonds is 3. The molecule has 0 saturated heterocycles. The van der Waals surface area contributed by atoms with E-state index in [2.05, 4.69) is 37.0 Å². The van der Waals surface area contributed by atoms with Crippen LogP contribution in [-0.2, 0) is 0 Å². The van der Waals surface area contributed by atoms with Crippen LogP contribution in [0.4, 0.5) is 4.39 Å². The zero-order valence-electron chi connectivity index (χ0n) is 10.4. The van der Waals surface area contributed by atoms with Crippen LogP contribution in [0, 0.1) is 5.82 Å². The molecule has 0 radical (unpaired) electrons. The number of hydrogen-bond acceptors (Lipinski definition) is 2. The van der Waals surface area contributed by atoms with Crippen molar-refractivity contribution in [3.8, 4) is 0 Å². The quantitative estimate of drug-likeness (QED) is 0.850. The van der Waals surface area contributed by atoms with Crippen molar-refractivity contribution in [3.05, 3.63) is 50.4 Å². The first-order valence-corrected chi connectivity index (χ1v) is 7.36. The van der Waals surface area contributed by atoms with Gasteiger partial charge in [0.15, 0.2) is 0 Å². The third-order valence-electron chi connectivity index (χ3n) is 2.79. The first-order valence-electron chi connectivity index (χ1n) is 5.77. The summed E-state index contributed by atoms with van der Waals surface area (Å²) in [7, 11) is 0. The summed E-state index contributed by atoms with van der Waals surface area (Å²) in [5, 5.41) is 14.7. The van der Waals surface area contributed by atoms with Gasteiger partial charge in [0.05, 0.1) is 16.4 Å². The fourth-order valence-electron chi connectivity index (χ4n) is 1.89. The number of aromatic nitrogens is 2. The van der Waals surface area contributed by atoms with Crippen LogP contribution in [0.15, 0.2) is 33.3 Å². The van der Waals surface area contributed by atoms with Crippen molar-refractivity contribution in [2.75, 3.05) is 0 Å². The van der Waals surface area contributed by atoms with Gasteiger partial charge in [-0.25, -0.2) is 4.39 Å². The average Bonchev–Trinajstić information content (AvgIpc) is 2.73. The predicted octanol–water partition coefficient (Wildman–Crippen LogP) is 4.21. The number of benzene rings is 1. The summed E-state index contributed by atoms with van der Waals surface area (Å²) in [5.41, 5.74) is 1.09. The molecule has 2 aromatic rings. The Kier molecular flexibility index (Phi) is 4.43. The second-order valence-corrected chi connectivity index (χ2v) is 6.19. The zero-order valence-corrected chi connectivity index (χ0v) is 13.6. The molecule has 0 aliphatic heterocycles. The van der Waals surface area contributed by atoms with Crippen molar-refractivity contribution in [1.29, 1.82) is 0 Å². The smallest absolute Gasteiger partial charge is 0.123 e. The molecule has 0 bridgehead atoms. The van der Waals surface area contributed by atoms with Gasteiger partial charge < -0.3 is 5.11 Å². The molecule has 0 aliphatic carbocycles. The minimum atomic E-state index is -0.954. The molecule has 1 aromatic carbocycles. The Balaban J connectivity index is 2.52. The van der Waals surface area contributed by atoms with E-state index in [-0.39, 0.29) is 11.9 Å². The number of halogens is 3. The van der Waals surface area contributed by atoms with Crippen LogP contribution in [0.1, 0.15) is 37.3 Å². The third kappa shape index (κ3) is 2.90. The fraction of sp³-hybridized carbons (Fsp3) is 0.308. The molecule has 6 heteroatoms. The molecular weight excluding hydrogens is 379 g/mol. The van der Waals surface area contributed by atoms with Crippen molar-refractivity contribution in [2.24, 2.45) is 0 Å². The number of aliphatic hydroxyl groups excluding tert-OH is 1. The second-order valence-electron chi connectivity index (χ2n) is 4.48. The molecule has 19 heavy (non-hydrogen) atoms. The minimum Gasteiger partial charge on any atom is -0.382 e. The van der Waals surface area contributed by atoms with Gasteiger partial charge in [0, 0.05) is 16.1 Å². The lowest BCUT2D eigenvalue weighted by Crippen LogP contribution is -2.13. The van der Waals surface area contributed by atoms with Crippen molar-refractivity contribution >= 4 is 31.9 Å². The van der Waals surface area contributed by atoms with Crippen molar-refractivity contribution in [1.82, 2.24) is 9.78 Å². The molecule has 0 fully saturated rings. The Morgan fingerprint density at radius 2 is 1.95 bits per heavy atom. The van der Waals surface area contributed by atoms with Crippen LogP contribution < -0.4 is 0 Å². The molecule has 1 N–H and O–H groups in total. The zero-order chi connectivity index (χ0) is 14.2. The number of aliphatic hydroxyl groups is 1. The minimum absolute atomic E-state index is 0.100. The summed E-state index contributed by atoms with van der Waals surface area (Å²) in [5.74, 6) is -0.385. The summed E-state index contributed by atoms with van der Waals surface area (Å²) in [6.45, 7) is 3.94. The largest absolute Gasteiger partial charge is 0.382 e. The topological polar surface area (TPSA) is 38.0 Å². The Morgan fingerprint density at radius 3 is 2.58 bits per heavy atom. The Bertz CT molecular complexity index is 598. The van der Waals surface area contributed by atoms with Gasteiger partial charge in [-0.1, -0.05) is 15.9 Å². The maximum absolute atomic E-state index is 13.3. The Labute approximate surface area is 127 Å². The highest BCUT2D eigenvalue weighted by atomic mass is 79.9. The van der Waals surface area contributed by atoms with Gasteiger partial charge in [-0.05, 0) is 48.0 Å². The van der Waals surface area contributed by atoms with Crippen molar-refractivity contribution in [3.63, 3.8) is 0 Å². The maximum Gasteiger partial charge on any atom is 0.123 e. The van der Waals surface area contributed by atoms with E-state index >= 15 is 0 Å². The third-order valence-corrected chi connectivity index (χ3v) is 4.12. The van der Waals surface area contributed by atoms with Crippen LogP contribution in [0.3, 0.4) is 0 Å². The summed E-state index contributed by atoms with van der Waals surface area (Å²) in [6.07, 6.45) is 0.676. The fourth-order valence-corrected chi connectivity index (χ4v) is 2.84. The molecule has 102 valence electrons. The van der Waals surface area contributed by atoms with Crippen LogP contribution >= 0.6 is 31.9 Å². The van der Waals surface area contributed by atoms with E-state index in [0.29, 0.717) is 20.2 Å². The van der Waals surface area contributed by atoms with Gasteiger partial charge in [-0.2, -0.15) is 5.10 Å². The van der Waals surface area contributed by atoms with E-state index in [1.54, 1.807) is 16.9 Å². The molecule has 2 rings (SSSR count). The molecule has 0 spiro atoms. The predicted molar refractivity (Wildman–Crippen MR) is 78.5 cm³/mol. The first kappa shape index (κ1) is 14.7. The van der Waals surface area contributed by atoms with E-state index in [1.807, 2.05) is 13.8 Å². The highest BCUT2D eigenvalue weighted by Gasteiger charge is 2.23. The lowest BCUT2D eigenvalue weighted by atomic mass is 10.1. The van der Waals surface area contributed by atoms with Gasteiger partial charge in [0.25, 0.3) is 0 Å². The molecular formula is C13H13Br2FN2O. The highest BCUT2D eigenvalue weighted by Crippen LogP contribution is 2.34. The first-order chi connectivity index (χ1) is 8.91. The maximum atomic E-state index is 13.3. The van der Waals surface area contributed by atoms with Crippen molar-refractivity contribution in [2.45, 2.75) is 26.0 Å². The lowest BCUT2D eigenvalue weighted by Gasteiger charge is -2.18. The molecule has 1 aromatic heterocycles. The monoisotopic (exact) mass is 390 g/mol. The molecule has 0 saturated carbocycles. The highest BCUT2D eigenvalue weighted by molar-refractivity contribution is 9.10. The van der Waals surface area contributed by atoms with Gasteiger partial charge >= 0.3 is 0 Å². The molecule has 1 heterocycles. The van der Waals surface area contributed by atoms with Crippen LogP contribution in [0.5, 0.6) is 0 Å². The standard InChI is InChI=1S/C13H13Br2FN2O/c1-7(2)18-12(11(15)6-17-18)13(19)9-5-8(16)3-4-10(9)14/h3-7,13,19H,1-2H3. The summed E-state index contributed by atoms with van der Waals surface area (Å²) >= 11 is 6.71. The van der Waals surface area contributed by atoms with Gasteiger partial charge in [0.2, 0.25) is 0 Å². The molecule has 1 atom stereocenters. The van der Waals surface area contributed by atoms with Crippen LogP contribution in [-0.4, -0.2) is 14.9 Å². The molecule has 0 aliphatic rings. The lowest BCUT2D eigenvalue weighted by molar-refractivity contribution is 0.203.